The lowest BCUT2D eigenvalue weighted by Crippen LogP contribution is -2.26. The highest BCUT2D eigenvalue weighted by atomic mass is 35.5. The minimum absolute atomic E-state index is 0.551. The summed E-state index contributed by atoms with van der Waals surface area (Å²) in [7, 11) is 0. The number of alkyl halides is 1. The summed E-state index contributed by atoms with van der Waals surface area (Å²) >= 11 is 5.93. The van der Waals surface area contributed by atoms with Gasteiger partial charge in [-0.1, -0.05) is 30.3 Å². The van der Waals surface area contributed by atoms with Gasteiger partial charge in [-0.2, -0.15) is 0 Å². The Morgan fingerprint density at radius 1 is 1.15 bits per heavy atom. The van der Waals surface area contributed by atoms with Crippen molar-refractivity contribution in [2.24, 2.45) is 0 Å². The van der Waals surface area contributed by atoms with Crippen molar-refractivity contribution < 1.29 is 4.74 Å². The van der Waals surface area contributed by atoms with Crippen LogP contribution in [-0.4, -0.2) is 24.0 Å². The number of rotatable bonds is 7. The van der Waals surface area contributed by atoms with Gasteiger partial charge >= 0.3 is 0 Å². The molecule has 0 unspecified atom stereocenters. The molecule has 0 aliphatic carbocycles. The third kappa shape index (κ3) is 3.87. The van der Waals surface area contributed by atoms with Gasteiger partial charge in [0.25, 0.3) is 0 Å². The van der Waals surface area contributed by atoms with Gasteiger partial charge in [0, 0.05) is 25.2 Å². The molecule has 0 atom stereocenters. The van der Waals surface area contributed by atoms with Gasteiger partial charge in [-0.3, -0.25) is 0 Å². The number of nitrogens with zero attached hydrogens (tertiary/aromatic N) is 2. The minimum atomic E-state index is 0.551. The Morgan fingerprint density at radius 3 is 2.65 bits per heavy atom. The molecule has 3 nitrogen and oxygen atoms in total. The number of pyridine rings is 1. The van der Waals surface area contributed by atoms with E-state index < -0.39 is 0 Å². The zero-order valence-electron chi connectivity index (χ0n) is 11.6. The van der Waals surface area contributed by atoms with Crippen molar-refractivity contribution in [2.75, 3.05) is 23.9 Å². The minimum Gasteiger partial charge on any atom is -0.490 e. The van der Waals surface area contributed by atoms with E-state index in [-0.39, 0.29) is 0 Å². The number of benzene rings is 1. The number of hydrogen-bond acceptors (Lipinski definition) is 3. The Kier molecular flexibility index (Phi) is 5.69. The summed E-state index contributed by atoms with van der Waals surface area (Å²) in [5, 5.41) is 0. The Morgan fingerprint density at radius 2 is 1.95 bits per heavy atom. The highest BCUT2D eigenvalue weighted by molar-refractivity contribution is 6.18. The van der Waals surface area contributed by atoms with E-state index in [1.165, 1.54) is 5.56 Å². The fourth-order valence-corrected chi connectivity index (χ4v) is 2.26. The maximum Gasteiger partial charge on any atom is 0.171 e. The molecule has 2 rings (SSSR count). The van der Waals surface area contributed by atoms with Crippen LogP contribution in [-0.2, 0) is 6.54 Å². The quantitative estimate of drug-likeness (QED) is 0.727. The predicted molar refractivity (Wildman–Crippen MR) is 83.6 cm³/mol. The van der Waals surface area contributed by atoms with E-state index in [4.69, 9.17) is 16.3 Å². The SMILES string of the molecule is CCOc1cccnc1N(CCCl)Cc1ccccc1. The zero-order chi connectivity index (χ0) is 14.2. The Balaban J connectivity index is 2.24. The van der Waals surface area contributed by atoms with Crippen LogP contribution in [0.1, 0.15) is 12.5 Å². The standard InChI is InChI=1S/C16H19ClN2O/c1-2-20-15-9-6-11-18-16(15)19(12-10-17)13-14-7-4-3-5-8-14/h3-9,11H,2,10,12-13H2,1H3. The molecule has 2 aromatic rings. The zero-order valence-corrected chi connectivity index (χ0v) is 12.4. The molecule has 1 heterocycles. The van der Waals surface area contributed by atoms with E-state index in [1.54, 1.807) is 6.20 Å². The molecule has 0 bridgehead atoms. The van der Waals surface area contributed by atoms with Gasteiger partial charge in [0.2, 0.25) is 0 Å². The van der Waals surface area contributed by atoms with Gasteiger partial charge < -0.3 is 9.64 Å². The van der Waals surface area contributed by atoms with E-state index in [2.05, 4.69) is 22.0 Å². The van der Waals surface area contributed by atoms with Crippen molar-refractivity contribution in [1.29, 1.82) is 0 Å². The molecular weight excluding hydrogens is 272 g/mol. The highest BCUT2D eigenvalue weighted by Gasteiger charge is 2.13. The molecule has 0 fully saturated rings. The number of hydrogen-bond donors (Lipinski definition) is 0. The van der Waals surface area contributed by atoms with E-state index in [1.807, 2.05) is 37.3 Å². The third-order valence-corrected chi connectivity index (χ3v) is 3.09. The van der Waals surface area contributed by atoms with E-state index in [9.17, 15) is 0 Å². The molecule has 0 N–H and O–H groups in total. The van der Waals surface area contributed by atoms with Gasteiger partial charge in [-0.15, -0.1) is 11.6 Å². The monoisotopic (exact) mass is 290 g/mol. The summed E-state index contributed by atoms with van der Waals surface area (Å²) in [5.74, 6) is 2.20. The Hall–Kier alpha value is -1.74. The summed E-state index contributed by atoms with van der Waals surface area (Å²) in [6.45, 7) is 4.09. The lowest BCUT2D eigenvalue weighted by atomic mass is 10.2. The van der Waals surface area contributed by atoms with Crippen molar-refractivity contribution >= 4 is 17.4 Å². The van der Waals surface area contributed by atoms with Crippen LogP contribution in [0.4, 0.5) is 5.82 Å². The second-order valence-corrected chi connectivity index (χ2v) is 4.73. The van der Waals surface area contributed by atoms with Gasteiger partial charge in [-0.25, -0.2) is 4.98 Å². The molecule has 20 heavy (non-hydrogen) atoms. The lowest BCUT2D eigenvalue weighted by molar-refractivity contribution is 0.339. The van der Waals surface area contributed by atoms with Crippen molar-refractivity contribution in [1.82, 2.24) is 4.98 Å². The normalized spacial score (nSPS) is 10.3. The van der Waals surface area contributed by atoms with Crippen molar-refractivity contribution in [3.8, 4) is 5.75 Å². The van der Waals surface area contributed by atoms with Gasteiger partial charge in [0.05, 0.1) is 6.61 Å². The maximum atomic E-state index is 5.93. The second-order valence-electron chi connectivity index (χ2n) is 4.35. The molecular formula is C16H19ClN2O. The molecule has 106 valence electrons. The average molecular weight is 291 g/mol. The Bertz CT molecular complexity index is 519. The Labute approximate surface area is 125 Å². The first kappa shape index (κ1) is 14.7. The smallest absolute Gasteiger partial charge is 0.171 e. The first-order valence-electron chi connectivity index (χ1n) is 6.77. The van der Waals surface area contributed by atoms with Crippen molar-refractivity contribution in [3.05, 3.63) is 54.2 Å². The fraction of sp³-hybridized carbons (Fsp3) is 0.312. The maximum absolute atomic E-state index is 5.93. The van der Waals surface area contributed by atoms with E-state index in [0.717, 1.165) is 24.7 Å². The largest absolute Gasteiger partial charge is 0.490 e. The van der Waals surface area contributed by atoms with Crippen LogP contribution in [0.15, 0.2) is 48.7 Å². The third-order valence-electron chi connectivity index (χ3n) is 2.92. The number of aromatic nitrogens is 1. The highest BCUT2D eigenvalue weighted by Crippen LogP contribution is 2.26. The molecule has 4 heteroatoms. The second kappa shape index (κ2) is 7.75. The van der Waals surface area contributed by atoms with Crippen LogP contribution in [0.5, 0.6) is 5.75 Å². The summed E-state index contributed by atoms with van der Waals surface area (Å²) in [6, 6.07) is 14.1. The first-order valence-corrected chi connectivity index (χ1v) is 7.31. The van der Waals surface area contributed by atoms with E-state index >= 15 is 0 Å². The average Bonchev–Trinajstić information content (AvgIpc) is 2.49. The molecule has 0 radical (unpaired) electrons. The van der Waals surface area contributed by atoms with Crippen molar-refractivity contribution in [3.63, 3.8) is 0 Å². The lowest BCUT2D eigenvalue weighted by Gasteiger charge is -2.24. The molecule has 0 spiro atoms. The summed E-state index contributed by atoms with van der Waals surface area (Å²) in [6.07, 6.45) is 1.78. The summed E-state index contributed by atoms with van der Waals surface area (Å²) < 4.78 is 5.65. The molecule has 0 saturated carbocycles. The van der Waals surface area contributed by atoms with Gasteiger partial charge in [-0.05, 0) is 24.6 Å². The number of halogens is 1. The van der Waals surface area contributed by atoms with Crippen LogP contribution in [0.3, 0.4) is 0 Å². The van der Waals surface area contributed by atoms with Crippen LogP contribution in [0.25, 0.3) is 0 Å². The number of anilines is 1. The first-order chi connectivity index (χ1) is 9.85. The molecule has 0 amide bonds. The molecule has 0 aliphatic rings. The summed E-state index contributed by atoms with van der Waals surface area (Å²) in [4.78, 5) is 6.60. The van der Waals surface area contributed by atoms with Crippen LogP contribution >= 0.6 is 11.6 Å². The molecule has 0 saturated heterocycles. The number of ether oxygens (including phenoxy) is 1. The van der Waals surface area contributed by atoms with Gasteiger partial charge in [0.15, 0.2) is 11.6 Å². The molecule has 1 aromatic carbocycles. The molecule has 0 aliphatic heterocycles. The topological polar surface area (TPSA) is 25.4 Å². The van der Waals surface area contributed by atoms with Gasteiger partial charge in [0.1, 0.15) is 0 Å². The van der Waals surface area contributed by atoms with E-state index in [0.29, 0.717) is 12.5 Å². The predicted octanol–water partition coefficient (Wildman–Crippen LogP) is 3.73. The van der Waals surface area contributed by atoms with Crippen LogP contribution in [0, 0.1) is 0 Å². The summed E-state index contributed by atoms with van der Waals surface area (Å²) in [5.41, 5.74) is 1.23. The molecule has 1 aromatic heterocycles. The van der Waals surface area contributed by atoms with Crippen molar-refractivity contribution in [2.45, 2.75) is 13.5 Å². The van der Waals surface area contributed by atoms with Crippen LogP contribution in [0.2, 0.25) is 0 Å². The van der Waals surface area contributed by atoms with Crippen LogP contribution < -0.4 is 9.64 Å². The fourth-order valence-electron chi connectivity index (χ4n) is 2.05.